The molecule has 23 heavy (non-hydrogen) atoms. The van der Waals surface area contributed by atoms with Crippen molar-refractivity contribution in [2.75, 3.05) is 13.6 Å². The zero-order chi connectivity index (χ0) is 16.7. The van der Waals surface area contributed by atoms with Gasteiger partial charge < -0.3 is 10.6 Å². The molecule has 2 aromatic carbocycles. The fraction of sp³-hybridized carbons (Fsp3) is 0.278. The molecule has 1 unspecified atom stereocenters. The van der Waals surface area contributed by atoms with Crippen LogP contribution in [0.5, 0.6) is 0 Å². The van der Waals surface area contributed by atoms with E-state index >= 15 is 0 Å². The lowest BCUT2D eigenvalue weighted by molar-refractivity contribution is 0.498. The smallest absolute Gasteiger partial charge is 0.191 e. The number of rotatable bonds is 5. The minimum absolute atomic E-state index is 0.0910. The van der Waals surface area contributed by atoms with Crippen molar-refractivity contribution in [3.05, 3.63) is 71.3 Å². The van der Waals surface area contributed by atoms with Crippen molar-refractivity contribution in [2.24, 2.45) is 4.99 Å². The number of hydrogen-bond acceptors (Lipinski definition) is 1. The first kappa shape index (κ1) is 16.9. The molecule has 5 heteroatoms. The molecule has 2 N–H and O–H groups in total. The fourth-order valence-corrected chi connectivity index (χ4v) is 2.28. The largest absolute Gasteiger partial charge is 0.356 e. The van der Waals surface area contributed by atoms with Crippen LogP contribution in [0, 0.1) is 11.6 Å². The molecule has 122 valence electrons. The number of nitrogens with one attached hydrogen (secondary N) is 2. The Morgan fingerprint density at radius 3 is 2.52 bits per heavy atom. The monoisotopic (exact) mass is 317 g/mol. The van der Waals surface area contributed by atoms with Gasteiger partial charge in [0.15, 0.2) is 17.6 Å². The Balaban J connectivity index is 1.87. The lowest BCUT2D eigenvalue weighted by atomic mass is 10.1. The molecule has 0 fully saturated rings. The van der Waals surface area contributed by atoms with Gasteiger partial charge in [-0.1, -0.05) is 42.5 Å². The molecule has 0 saturated heterocycles. The molecular weight excluding hydrogens is 296 g/mol. The minimum atomic E-state index is -0.817. The summed E-state index contributed by atoms with van der Waals surface area (Å²) in [5.41, 5.74) is 1.50. The molecule has 3 nitrogen and oxygen atoms in total. The van der Waals surface area contributed by atoms with E-state index in [2.05, 4.69) is 15.6 Å². The van der Waals surface area contributed by atoms with E-state index in [-0.39, 0.29) is 6.04 Å². The highest BCUT2D eigenvalue weighted by Gasteiger charge is 2.09. The SMILES string of the molecule is CN=C(NCCc1cccc(F)c1F)NC(C)c1ccccc1. The summed E-state index contributed by atoms with van der Waals surface area (Å²) in [5.74, 6) is -0.976. The summed E-state index contributed by atoms with van der Waals surface area (Å²) in [6, 6.07) is 14.3. The third kappa shape index (κ3) is 4.77. The van der Waals surface area contributed by atoms with Crippen LogP contribution >= 0.6 is 0 Å². The normalized spacial score (nSPS) is 12.8. The molecule has 0 aliphatic carbocycles. The maximum Gasteiger partial charge on any atom is 0.191 e. The van der Waals surface area contributed by atoms with E-state index in [1.54, 1.807) is 13.1 Å². The van der Waals surface area contributed by atoms with Crippen LogP contribution in [0.1, 0.15) is 24.1 Å². The topological polar surface area (TPSA) is 36.4 Å². The van der Waals surface area contributed by atoms with E-state index in [4.69, 9.17) is 0 Å². The van der Waals surface area contributed by atoms with Crippen LogP contribution in [-0.2, 0) is 6.42 Å². The van der Waals surface area contributed by atoms with Gasteiger partial charge in [0, 0.05) is 13.6 Å². The van der Waals surface area contributed by atoms with Gasteiger partial charge in [-0.2, -0.15) is 0 Å². The molecule has 0 aliphatic rings. The predicted molar refractivity (Wildman–Crippen MR) is 89.4 cm³/mol. The molecule has 0 saturated carbocycles. The van der Waals surface area contributed by atoms with Gasteiger partial charge in [-0.15, -0.1) is 0 Å². The maximum absolute atomic E-state index is 13.6. The zero-order valence-electron chi connectivity index (χ0n) is 13.3. The first-order valence-electron chi connectivity index (χ1n) is 7.57. The summed E-state index contributed by atoms with van der Waals surface area (Å²) < 4.78 is 26.8. The van der Waals surface area contributed by atoms with Gasteiger partial charge in [-0.3, -0.25) is 4.99 Å². The van der Waals surface area contributed by atoms with Crippen molar-refractivity contribution >= 4 is 5.96 Å². The third-order valence-electron chi connectivity index (χ3n) is 3.59. The molecule has 0 amide bonds. The van der Waals surface area contributed by atoms with E-state index in [9.17, 15) is 8.78 Å². The highest BCUT2D eigenvalue weighted by atomic mass is 19.2. The first-order valence-corrected chi connectivity index (χ1v) is 7.57. The molecule has 2 aromatic rings. The average molecular weight is 317 g/mol. The number of nitrogens with zero attached hydrogens (tertiary/aromatic N) is 1. The van der Waals surface area contributed by atoms with Crippen molar-refractivity contribution in [3.8, 4) is 0 Å². The zero-order valence-corrected chi connectivity index (χ0v) is 13.3. The molecule has 0 heterocycles. The third-order valence-corrected chi connectivity index (χ3v) is 3.59. The number of hydrogen-bond donors (Lipinski definition) is 2. The average Bonchev–Trinajstić information content (AvgIpc) is 2.58. The van der Waals surface area contributed by atoms with Crippen LogP contribution in [0.2, 0.25) is 0 Å². The van der Waals surface area contributed by atoms with Gasteiger partial charge in [-0.05, 0) is 30.5 Å². The summed E-state index contributed by atoms with van der Waals surface area (Å²) in [4.78, 5) is 4.15. The lowest BCUT2D eigenvalue weighted by Gasteiger charge is -2.18. The molecule has 0 aromatic heterocycles. The van der Waals surface area contributed by atoms with Crippen molar-refractivity contribution in [2.45, 2.75) is 19.4 Å². The van der Waals surface area contributed by atoms with Crippen LogP contribution in [0.3, 0.4) is 0 Å². The lowest BCUT2D eigenvalue weighted by Crippen LogP contribution is -2.39. The highest BCUT2D eigenvalue weighted by Crippen LogP contribution is 2.12. The van der Waals surface area contributed by atoms with E-state index in [0.717, 1.165) is 11.6 Å². The number of aliphatic imine (C=N–C) groups is 1. The van der Waals surface area contributed by atoms with E-state index in [0.29, 0.717) is 24.5 Å². The number of guanidine groups is 1. The maximum atomic E-state index is 13.6. The molecule has 0 bridgehead atoms. The quantitative estimate of drug-likeness (QED) is 0.655. The molecule has 1 atom stereocenters. The Bertz CT molecular complexity index is 657. The second-order valence-electron chi connectivity index (χ2n) is 5.24. The van der Waals surface area contributed by atoms with Crippen molar-refractivity contribution < 1.29 is 8.78 Å². The standard InChI is InChI=1S/C18H21F2N3/c1-13(14-7-4-3-5-8-14)23-18(21-2)22-12-11-15-9-6-10-16(19)17(15)20/h3-10,13H,11-12H2,1-2H3,(H2,21,22,23). The van der Waals surface area contributed by atoms with Crippen LogP contribution in [0.15, 0.2) is 53.5 Å². The molecule has 0 spiro atoms. The van der Waals surface area contributed by atoms with Gasteiger partial charge in [0.1, 0.15) is 0 Å². The van der Waals surface area contributed by atoms with E-state index < -0.39 is 11.6 Å². The summed E-state index contributed by atoms with van der Waals surface area (Å²) in [7, 11) is 1.68. The Morgan fingerprint density at radius 2 is 1.83 bits per heavy atom. The van der Waals surface area contributed by atoms with Gasteiger partial charge in [0.25, 0.3) is 0 Å². The van der Waals surface area contributed by atoms with Gasteiger partial charge in [0.05, 0.1) is 6.04 Å². The Morgan fingerprint density at radius 1 is 1.09 bits per heavy atom. The van der Waals surface area contributed by atoms with E-state index in [1.807, 2.05) is 37.3 Å². The summed E-state index contributed by atoms with van der Waals surface area (Å²) in [5, 5.41) is 6.38. The number of benzene rings is 2. The fourth-order valence-electron chi connectivity index (χ4n) is 2.28. The van der Waals surface area contributed by atoms with Crippen molar-refractivity contribution in [1.29, 1.82) is 0 Å². The molecular formula is C18H21F2N3. The van der Waals surface area contributed by atoms with E-state index in [1.165, 1.54) is 6.07 Å². The summed E-state index contributed by atoms with van der Waals surface area (Å²) in [6.07, 6.45) is 0.379. The Hall–Kier alpha value is -2.43. The summed E-state index contributed by atoms with van der Waals surface area (Å²) in [6.45, 7) is 2.50. The van der Waals surface area contributed by atoms with Gasteiger partial charge in [-0.25, -0.2) is 8.78 Å². The van der Waals surface area contributed by atoms with Crippen LogP contribution in [0.25, 0.3) is 0 Å². The Kier molecular flexibility index (Phi) is 6.09. The number of halogens is 2. The van der Waals surface area contributed by atoms with Gasteiger partial charge >= 0.3 is 0 Å². The van der Waals surface area contributed by atoms with Gasteiger partial charge in [0.2, 0.25) is 0 Å². The summed E-state index contributed by atoms with van der Waals surface area (Å²) >= 11 is 0. The second kappa shape index (κ2) is 8.27. The van der Waals surface area contributed by atoms with Crippen molar-refractivity contribution in [1.82, 2.24) is 10.6 Å². The van der Waals surface area contributed by atoms with Crippen molar-refractivity contribution in [3.63, 3.8) is 0 Å². The molecule has 0 radical (unpaired) electrons. The first-order chi connectivity index (χ1) is 11.1. The minimum Gasteiger partial charge on any atom is -0.356 e. The predicted octanol–water partition coefficient (Wildman–Crippen LogP) is 3.43. The van der Waals surface area contributed by atoms with Crippen LogP contribution in [-0.4, -0.2) is 19.6 Å². The molecule has 0 aliphatic heterocycles. The molecule has 2 rings (SSSR count). The van der Waals surface area contributed by atoms with Crippen LogP contribution < -0.4 is 10.6 Å². The van der Waals surface area contributed by atoms with Crippen LogP contribution in [0.4, 0.5) is 8.78 Å². The highest BCUT2D eigenvalue weighted by molar-refractivity contribution is 5.80. The second-order valence-corrected chi connectivity index (χ2v) is 5.24. The Labute approximate surface area is 135 Å².